The molecule has 0 atom stereocenters. The van der Waals surface area contributed by atoms with E-state index in [4.69, 9.17) is 10.00 Å². The van der Waals surface area contributed by atoms with Gasteiger partial charge in [0.05, 0.1) is 17.2 Å². The number of halogens is 3. The first-order valence-electron chi connectivity index (χ1n) is 6.90. The van der Waals surface area contributed by atoms with Crippen LogP contribution in [0.4, 0.5) is 13.2 Å². The van der Waals surface area contributed by atoms with Crippen molar-refractivity contribution in [2.75, 3.05) is 0 Å². The fraction of sp³-hybridized carbons (Fsp3) is 0.111. The van der Waals surface area contributed by atoms with Gasteiger partial charge in [-0.1, -0.05) is 30.3 Å². The van der Waals surface area contributed by atoms with Crippen molar-refractivity contribution in [2.24, 2.45) is 0 Å². The van der Waals surface area contributed by atoms with Crippen LogP contribution in [0.2, 0.25) is 0 Å². The largest absolute Gasteiger partial charge is 0.458 e. The number of hydrogen-bond donors (Lipinski definition) is 0. The molecule has 0 unspecified atom stereocenters. The number of carbonyl (C=O) groups excluding carboxylic acids is 1. The van der Waals surface area contributed by atoms with Gasteiger partial charge in [-0.25, -0.2) is 4.79 Å². The Morgan fingerprint density at radius 1 is 1.17 bits per heavy atom. The Balaban J connectivity index is 2.00. The van der Waals surface area contributed by atoms with Gasteiger partial charge in [-0.3, -0.25) is 0 Å². The Hall–Kier alpha value is -3.07. The minimum absolute atomic E-state index is 0.0878. The summed E-state index contributed by atoms with van der Waals surface area (Å²) >= 11 is 0. The summed E-state index contributed by atoms with van der Waals surface area (Å²) in [5.74, 6) is -0.708. The molecule has 24 heavy (non-hydrogen) atoms. The first-order chi connectivity index (χ1) is 11.4. The summed E-state index contributed by atoms with van der Waals surface area (Å²) in [5, 5.41) is 8.93. The second-order valence-electron chi connectivity index (χ2n) is 4.83. The van der Waals surface area contributed by atoms with E-state index in [-0.39, 0.29) is 12.2 Å². The maximum atomic E-state index is 12.6. The number of benzene rings is 2. The third-order valence-corrected chi connectivity index (χ3v) is 3.13. The topological polar surface area (TPSA) is 50.1 Å². The molecule has 3 nitrogen and oxygen atoms in total. The highest BCUT2D eigenvalue weighted by Gasteiger charge is 2.30. The molecule has 0 saturated heterocycles. The van der Waals surface area contributed by atoms with Crippen molar-refractivity contribution >= 4 is 12.0 Å². The van der Waals surface area contributed by atoms with Gasteiger partial charge in [0.2, 0.25) is 0 Å². The van der Waals surface area contributed by atoms with E-state index in [0.717, 1.165) is 18.2 Å². The summed E-state index contributed by atoms with van der Waals surface area (Å²) in [4.78, 5) is 11.7. The van der Waals surface area contributed by atoms with E-state index in [0.29, 0.717) is 11.1 Å². The molecule has 6 heteroatoms. The van der Waals surface area contributed by atoms with Crippen molar-refractivity contribution in [1.82, 2.24) is 0 Å². The second kappa shape index (κ2) is 7.47. The molecule has 0 radical (unpaired) electrons. The highest BCUT2D eigenvalue weighted by atomic mass is 19.4. The lowest BCUT2D eigenvalue weighted by atomic mass is 10.1. The average molecular weight is 331 g/mol. The van der Waals surface area contributed by atoms with Crippen molar-refractivity contribution in [3.63, 3.8) is 0 Å². The zero-order valence-electron chi connectivity index (χ0n) is 12.4. The van der Waals surface area contributed by atoms with Crippen molar-refractivity contribution in [3.8, 4) is 6.07 Å². The van der Waals surface area contributed by atoms with Crippen LogP contribution in [-0.2, 0) is 22.3 Å². The fourth-order valence-electron chi connectivity index (χ4n) is 1.94. The molecule has 0 amide bonds. The van der Waals surface area contributed by atoms with Gasteiger partial charge in [-0.2, -0.15) is 18.4 Å². The Kier molecular flexibility index (Phi) is 5.38. The average Bonchev–Trinajstić information content (AvgIpc) is 2.58. The lowest BCUT2D eigenvalue weighted by Gasteiger charge is -2.06. The quantitative estimate of drug-likeness (QED) is 0.619. The summed E-state index contributed by atoms with van der Waals surface area (Å²) in [5.41, 5.74) is 0.396. The first kappa shape index (κ1) is 17.3. The summed E-state index contributed by atoms with van der Waals surface area (Å²) in [7, 11) is 0. The van der Waals surface area contributed by atoms with Crippen LogP contribution < -0.4 is 0 Å². The molecule has 0 saturated carbocycles. The number of rotatable bonds is 4. The lowest BCUT2D eigenvalue weighted by Crippen LogP contribution is -2.04. The number of ether oxygens (including phenoxy) is 1. The van der Waals surface area contributed by atoms with Crippen molar-refractivity contribution < 1.29 is 22.7 Å². The normalized spacial score (nSPS) is 11.2. The number of carbonyl (C=O) groups is 1. The van der Waals surface area contributed by atoms with E-state index in [1.807, 2.05) is 6.07 Å². The van der Waals surface area contributed by atoms with Gasteiger partial charge in [0.1, 0.15) is 6.61 Å². The Morgan fingerprint density at radius 3 is 2.62 bits per heavy atom. The van der Waals surface area contributed by atoms with Gasteiger partial charge in [-0.15, -0.1) is 0 Å². The van der Waals surface area contributed by atoms with Crippen LogP contribution in [0.25, 0.3) is 6.08 Å². The van der Waals surface area contributed by atoms with Crippen LogP contribution in [0.5, 0.6) is 0 Å². The third-order valence-electron chi connectivity index (χ3n) is 3.13. The van der Waals surface area contributed by atoms with E-state index < -0.39 is 17.7 Å². The predicted molar refractivity (Wildman–Crippen MR) is 81.4 cm³/mol. The maximum Gasteiger partial charge on any atom is 0.416 e. The molecule has 0 aliphatic rings. The highest BCUT2D eigenvalue weighted by Crippen LogP contribution is 2.29. The van der Waals surface area contributed by atoms with Crippen LogP contribution in [0.3, 0.4) is 0 Å². The number of nitriles is 1. The molecule has 2 aromatic rings. The summed E-state index contributed by atoms with van der Waals surface area (Å²) in [6, 6.07) is 13.2. The molecule has 0 fully saturated rings. The molecule has 0 spiro atoms. The first-order valence-corrected chi connectivity index (χ1v) is 6.90. The smallest absolute Gasteiger partial charge is 0.416 e. The second-order valence-corrected chi connectivity index (χ2v) is 4.83. The monoisotopic (exact) mass is 331 g/mol. The van der Waals surface area contributed by atoms with Crippen LogP contribution >= 0.6 is 0 Å². The van der Waals surface area contributed by atoms with E-state index in [2.05, 4.69) is 0 Å². The molecule has 0 aliphatic heterocycles. The molecular formula is C18H12F3NO2. The van der Waals surface area contributed by atoms with Crippen LogP contribution in [-0.4, -0.2) is 5.97 Å². The number of hydrogen-bond acceptors (Lipinski definition) is 3. The molecule has 2 aromatic carbocycles. The molecule has 0 aromatic heterocycles. The van der Waals surface area contributed by atoms with Crippen LogP contribution in [0, 0.1) is 11.3 Å². The standard InChI is InChI=1S/C18H12F3NO2/c19-18(20,21)16-7-3-4-13(10-16)8-9-17(23)24-12-15-6-2-1-5-14(15)11-22/h1-10H,12H2. The minimum atomic E-state index is -4.44. The number of alkyl halides is 3. The maximum absolute atomic E-state index is 12.6. The van der Waals surface area contributed by atoms with Crippen molar-refractivity contribution in [2.45, 2.75) is 12.8 Å². The molecular weight excluding hydrogens is 319 g/mol. The van der Waals surface area contributed by atoms with E-state index in [9.17, 15) is 18.0 Å². The van der Waals surface area contributed by atoms with E-state index in [1.165, 1.54) is 18.2 Å². The molecule has 0 N–H and O–H groups in total. The van der Waals surface area contributed by atoms with Gasteiger partial charge in [0.15, 0.2) is 0 Å². The van der Waals surface area contributed by atoms with E-state index >= 15 is 0 Å². The summed E-state index contributed by atoms with van der Waals surface area (Å²) in [6.07, 6.45) is -2.15. The molecule has 0 heterocycles. The van der Waals surface area contributed by atoms with Gasteiger partial charge in [0.25, 0.3) is 0 Å². The highest BCUT2D eigenvalue weighted by molar-refractivity contribution is 5.87. The Bertz CT molecular complexity index is 804. The number of nitrogens with zero attached hydrogens (tertiary/aromatic N) is 1. The van der Waals surface area contributed by atoms with E-state index in [1.54, 1.807) is 24.3 Å². The SMILES string of the molecule is N#Cc1ccccc1COC(=O)C=Cc1cccc(C(F)(F)F)c1. The van der Waals surface area contributed by atoms with Crippen molar-refractivity contribution in [1.29, 1.82) is 5.26 Å². The van der Waals surface area contributed by atoms with Crippen molar-refractivity contribution in [3.05, 3.63) is 76.9 Å². The minimum Gasteiger partial charge on any atom is -0.458 e. The molecule has 2 rings (SSSR count). The van der Waals surface area contributed by atoms with Gasteiger partial charge < -0.3 is 4.74 Å². The van der Waals surface area contributed by atoms with Crippen LogP contribution in [0.15, 0.2) is 54.6 Å². The van der Waals surface area contributed by atoms with Crippen LogP contribution in [0.1, 0.15) is 22.3 Å². The Morgan fingerprint density at radius 2 is 1.92 bits per heavy atom. The van der Waals surface area contributed by atoms with Gasteiger partial charge in [0, 0.05) is 11.6 Å². The molecule has 122 valence electrons. The summed E-state index contributed by atoms with van der Waals surface area (Å²) in [6.45, 7) is -0.0878. The molecule has 0 aliphatic carbocycles. The Labute approximate surface area is 136 Å². The van der Waals surface area contributed by atoms with Gasteiger partial charge in [-0.05, 0) is 29.8 Å². The zero-order valence-corrected chi connectivity index (χ0v) is 12.4. The molecule has 0 bridgehead atoms. The summed E-state index contributed by atoms with van der Waals surface area (Å²) < 4.78 is 42.8. The lowest BCUT2D eigenvalue weighted by molar-refractivity contribution is -0.139. The fourth-order valence-corrected chi connectivity index (χ4v) is 1.94. The van der Waals surface area contributed by atoms with Gasteiger partial charge >= 0.3 is 12.1 Å². The zero-order chi connectivity index (χ0) is 17.6. The number of esters is 1. The predicted octanol–water partition coefficient (Wildman–Crippen LogP) is 4.33. The third kappa shape index (κ3) is 4.71.